The number of nitrogens with one attached hydrogen (secondary N) is 1. The normalized spacial score (nSPS) is 11.4. The Morgan fingerprint density at radius 3 is 2.43 bits per heavy atom. The van der Waals surface area contributed by atoms with Gasteiger partial charge >= 0.3 is 0 Å². The summed E-state index contributed by atoms with van der Waals surface area (Å²) in [6.45, 7) is 12.5. The highest BCUT2D eigenvalue weighted by Crippen LogP contribution is 2.40. The largest absolute Gasteiger partial charge is 0.493 e. The molecule has 37 heavy (non-hydrogen) atoms. The minimum atomic E-state index is -0.319. The van der Waals surface area contributed by atoms with E-state index >= 15 is 0 Å². The van der Waals surface area contributed by atoms with Gasteiger partial charge in [0.15, 0.2) is 22.9 Å². The summed E-state index contributed by atoms with van der Waals surface area (Å²) in [7, 11) is 1.57. The highest BCUT2D eigenvalue weighted by Gasteiger charge is 2.26. The molecule has 1 aromatic carbocycles. The number of ether oxygens (including phenoxy) is 3. The topological polar surface area (TPSA) is 124 Å². The van der Waals surface area contributed by atoms with E-state index in [-0.39, 0.29) is 37.4 Å². The third-order valence-electron chi connectivity index (χ3n) is 5.98. The van der Waals surface area contributed by atoms with Gasteiger partial charge < -0.3 is 19.3 Å². The first kappa shape index (κ1) is 29.8. The molecule has 2 aromatic heterocycles. The van der Waals surface area contributed by atoms with E-state index in [1.807, 2.05) is 47.6 Å². The monoisotopic (exact) mass is 515 g/mol. The van der Waals surface area contributed by atoms with Gasteiger partial charge in [-0.1, -0.05) is 35.1 Å². The summed E-state index contributed by atoms with van der Waals surface area (Å²) in [5, 5.41) is 26.8. The van der Waals surface area contributed by atoms with Crippen molar-refractivity contribution in [1.82, 2.24) is 19.4 Å². The van der Waals surface area contributed by atoms with Gasteiger partial charge in [-0.05, 0) is 37.8 Å². The first-order valence-corrected chi connectivity index (χ1v) is 12.2. The number of hydrogen-bond donors (Lipinski definition) is 2. The van der Waals surface area contributed by atoms with Crippen molar-refractivity contribution >= 4 is 11.4 Å². The Morgan fingerprint density at radius 2 is 1.86 bits per heavy atom. The lowest BCUT2D eigenvalue weighted by molar-refractivity contribution is 0.0964. The number of Topliss-reactive ketones (excluding diaryl/α,β-unsaturated/α-hetero) is 1. The van der Waals surface area contributed by atoms with Crippen LogP contribution in [0, 0.1) is 12.3 Å². The second kappa shape index (κ2) is 12.2. The number of benzene rings is 1. The number of fused-ring (bicyclic) bond motifs is 1. The number of aliphatic hydroxyl groups is 1. The van der Waals surface area contributed by atoms with E-state index in [0.29, 0.717) is 54.6 Å². The summed E-state index contributed by atoms with van der Waals surface area (Å²) in [5.41, 5.74) is 3.24. The quantitative estimate of drug-likeness (QED) is 0.293. The molecule has 0 bridgehead atoms. The zero-order chi connectivity index (χ0) is 26.6. The van der Waals surface area contributed by atoms with Gasteiger partial charge in [0.05, 0.1) is 20.3 Å². The molecule has 0 aliphatic heterocycles. The van der Waals surface area contributed by atoms with Crippen LogP contribution in [0.3, 0.4) is 0 Å². The van der Waals surface area contributed by atoms with Crippen LogP contribution < -0.4 is 19.8 Å². The Bertz CT molecular complexity index is 1300. The van der Waals surface area contributed by atoms with E-state index < -0.39 is 0 Å². The number of rotatable bonds is 11. The average molecular weight is 516 g/mol. The molecule has 0 saturated carbocycles. The Labute approximate surface area is 218 Å². The molecule has 2 heterocycles. The fraction of sp³-hybridized carbons (Fsp3) is 0.556. The van der Waals surface area contributed by atoms with Crippen LogP contribution in [-0.2, 0) is 18.4 Å². The van der Waals surface area contributed by atoms with Gasteiger partial charge in [-0.15, -0.1) is 10.2 Å². The van der Waals surface area contributed by atoms with Crippen LogP contribution >= 0.6 is 0 Å². The number of aromatic nitrogens is 4. The third kappa shape index (κ3) is 6.12. The van der Waals surface area contributed by atoms with Crippen molar-refractivity contribution in [2.45, 2.75) is 73.8 Å². The van der Waals surface area contributed by atoms with Crippen LogP contribution in [0.15, 0.2) is 12.1 Å². The van der Waals surface area contributed by atoms with E-state index in [1.54, 1.807) is 13.2 Å². The first-order valence-electron chi connectivity index (χ1n) is 12.2. The Balaban J connectivity index is 0.00000481. The maximum atomic E-state index is 13.4. The summed E-state index contributed by atoms with van der Waals surface area (Å²) in [5.74, 6) is 1.26. The van der Waals surface area contributed by atoms with Crippen molar-refractivity contribution in [3.8, 4) is 17.4 Å². The zero-order valence-corrected chi connectivity index (χ0v) is 22.3. The molecule has 0 spiro atoms. The predicted molar refractivity (Wildman–Crippen MR) is 142 cm³/mol. The Hall–Kier alpha value is -3.40. The second-order valence-corrected chi connectivity index (χ2v) is 9.57. The molecule has 3 rings (SSSR count). The van der Waals surface area contributed by atoms with Crippen LogP contribution in [0.2, 0.25) is 0 Å². The SMILES string of the molecule is C.CCOc1nn2c(=N)n(CC(=O)c3cc(OCCCO)c(OC)c(C(C)(C)C)c3)nc2c(C)c1CC. The highest BCUT2D eigenvalue weighted by molar-refractivity contribution is 5.97. The standard InChI is InChI=1S/C26H37N5O5.CH4/c1-8-18-16(3)23-28-30(25(27)31(23)29-24(18)35-9-2)15-20(33)17-13-19(26(4,5)6)22(34-7)21(14-17)36-12-10-11-32;/h13-14,27,32H,8-12,15H2,1-7H3;1H4. The summed E-state index contributed by atoms with van der Waals surface area (Å²) in [6.07, 6.45) is 1.17. The van der Waals surface area contributed by atoms with Gasteiger partial charge in [0.2, 0.25) is 11.5 Å². The summed E-state index contributed by atoms with van der Waals surface area (Å²) in [6, 6.07) is 3.46. The Kier molecular flexibility index (Phi) is 9.86. The van der Waals surface area contributed by atoms with Crippen molar-refractivity contribution < 1.29 is 24.1 Å². The predicted octanol–water partition coefficient (Wildman–Crippen LogP) is 3.87. The van der Waals surface area contributed by atoms with E-state index in [0.717, 1.165) is 16.7 Å². The van der Waals surface area contributed by atoms with Crippen molar-refractivity contribution in [3.63, 3.8) is 0 Å². The van der Waals surface area contributed by atoms with E-state index in [9.17, 15) is 4.79 Å². The van der Waals surface area contributed by atoms with E-state index in [1.165, 1.54) is 9.20 Å². The number of aliphatic hydroxyl groups excluding tert-OH is 1. The number of aryl methyl sites for hydroxylation is 1. The van der Waals surface area contributed by atoms with Crippen LogP contribution in [0.1, 0.15) is 75.5 Å². The van der Waals surface area contributed by atoms with Gasteiger partial charge in [-0.3, -0.25) is 10.2 Å². The van der Waals surface area contributed by atoms with Gasteiger partial charge in [-0.2, -0.15) is 4.52 Å². The van der Waals surface area contributed by atoms with E-state index in [2.05, 4.69) is 10.2 Å². The fourth-order valence-corrected chi connectivity index (χ4v) is 4.08. The molecule has 3 aromatic rings. The molecule has 204 valence electrons. The minimum absolute atomic E-state index is 0. The number of hydrogen-bond acceptors (Lipinski definition) is 8. The minimum Gasteiger partial charge on any atom is -0.493 e. The third-order valence-corrected chi connectivity index (χ3v) is 5.98. The fourth-order valence-electron chi connectivity index (χ4n) is 4.08. The van der Waals surface area contributed by atoms with Crippen LogP contribution in [0.25, 0.3) is 5.65 Å². The molecule has 0 amide bonds. The summed E-state index contributed by atoms with van der Waals surface area (Å²) >= 11 is 0. The zero-order valence-electron chi connectivity index (χ0n) is 22.3. The lowest BCUT2D eigenvalue weighted by Crippen LogP contribution is -2.27. The van der Waals surface area contributed by atoms with Crippen molar-refractivity contribution in [1.29, 1.82) is 5.41 Å². The van der Waals surface area contributed by atoms with Gasteiger partial charge in [-0.25, -0.2) is 4.68 Å². The number of carbonyl (C=O) groups is 1. The molecule has 0 radical (unpaired) electrons. The lowest BCUT2D eigenvalue weighted by Gasteiger charge is -2.25. The van der Waals surface area contributed by atoms with Crippen LogP contribution in [-0.4, -0.2) is 57.2 Å². The molecule has 10 heteroatoms. The number of ketones is 1. The number of carbonyl (C=O) groups excluding carboxylic acids is 1. The number of nitrogens with zero attached hydrogens (tertiary/aromatic N) is 4. The van der Waals surface area contributed by atoms with Crippen LogP contribution in [0.5, 0.6) is 17.4 Å². The summed E-state index contributed by atoms with van der Waals surface area (Å²) < 4.78 is 20.0. The van der Waals surface area contributed by atoms with Crippen molar-refractivity contribution in [3.05, 3.63) is 40.0 Å². The molecule has 0 saturated heterocycles. The van der Waals surface area contributed by atoms with Gasteiger partial charge in [0.25, 0.3) is 0 Å². The molecule has 0 aliphatic carbocycles. The smallest absolute Gasteiger partial charge is 0.242 e. The number of methoxy groups -OCH3 is 1. The average Bonchev–Trinajstić information content (AvgIpc) is 3.14. The molecular weight excluding hydrogens is 474 g/mol. The maximum Gasteiger partial charge on any atom is 0.242 e. The molecular formula is C27H41N5O5. The molecule has 0 unspecified atom stereocenters. The molecule has 0 atom stereocenters. The van der Waals surface area contributed by atoms with Crippen molar-refractivity contribution in [2.75, 3.05) is 26.9 Å². The molecule has 2 N–H and O–H groups in total. The lowest BCUT2D eigenvalue weighted by atomic mass is 9.84. The van der Waals surface area contributed by atoms with E-state index in [4.69, 9.17) is 24.7 Å². The molecule has 10 nitrogen and oxygen atoms in total. The van der Waals surface area contributed by atoms with Crippen molar-refractivity contribution in [2.24, 2.45) is 0 Å². The maximum absolute atomic E-state index is 13.4. The molecule has 0 fully saturated rings. The molecule has 0 aliphatic rings. The van der Waals surface area contributed by atoms with Gasteiger partial charge in [0.1, 0.15) is 6.54 Å². The highest BCUT2D eigenvalue weighted by atomic mass is 16.5. The van der Waals surface area contributed by atoms with Gasteiger partial charge in [0, 0.05) is 35.3 Å². The summed E-state index contributed by atoms with van der Waals surface area (Å²) in [4.78, 5) is 13.4. The Morgan fingerprint density at radius 1 is 1.16 bits per heavy atom. The van der Waals surface area contributed by atoms with Crippen LogP contribution in [0.4, 0.5) is 0 Å². The first-order chi connectivity index (χ1) is 17.1. The second-order valence-electron chi connectivity index (χ2n) is 9.57.